The SMILES string of the molecule is O=C(NCCCN1CCCC1=O)C(=O)Nc1ccnc(Cl)c1. The van der Waals surface area contributed by atoms with Crippen LogP contribution >= 0.6 is 11.6 Å². The normalized spacial score (nSPS) is 14.0. The topological polar surface area (TPSA) is 91.4 Å². The van der Waals surface area contributed by atoms with Gasteiger partial charge in [-0.1, -0.05) is 11.6 Å². The van der Waals surface area contributed by atoms with Crippen LogP contribution in [-0.4, -0.2) is 47.2 Å². The summed E-state index contributed by atoms with van der Waals surface area (Å²) in [4.78, 5) is 40.3. The highest BCUT2D eigenvalue weighted by Crippen LogP contribution is 2.11. The number of amides is 3. The Hall–Kier alpha value is -2.15. The van der Waals surface area contributed by atoms with Gasteiger partial charge in [-0.3, -0.25) is 14.4 Å². The Balaban J connectivity index is 1.68. The maximum Gasteiger partial charge on any atom is 0.313 e. The Morgan fingerprint density at radius 1 is 1.36 bits per heavy atom. The van der Waals surface area contributed by atoms with Crippen molar-refractivity contribution in [2.24, 2.45) is 0 Å². The fourth-order valence-corrected chi connectivity index (χ4v) is 2.33. The molecule has 2 rings (SSSR count). The summed E-state index contributed by atoms with van der Waals surface area (Å²) in [5.41, 5.74) is 0.405. The number of halogens is 1. The Morgan fingerprint density at radius 3 is 2.86 bits per heavy atom. The van der Waals surface area contributed by atoms with Gasteiger partial charge in [-0.2, -0.15) is 0 Å². The molecule has 1 saturated heterocycles. The van der Waals surface area contributed by atoms with Crippen LogP contribution in [0.4, 0.5) is 5.69 Å². The fourth-order valence-electron chi connectivity index (χ4n) is 2.16. The van der Waals surface area contributed by atoms with E-state index in [9.17, 15) is 14.4 Å². The summed E-state index contributed by atoms with van der Waals surface area (Å²) in [5, 5.41) is 5.18. The summed E-state index contributed by atoms with van der Waals surface area (Å²) in [7, 11) is 0. The number of hydrogen-bond acceptors (Lipinski definition) is 4. The van der Waals surface area contributed by atoms with E-state index in [2.05, 4.69) is 15.6 Å². The molecule has 22 heavy (non-hydrogen) atoms. The van der Waals surface area contributed by atoms with E-state index in [4.69, 9.17) is 11.6 Å². The molecule has 0 atom stereocenters. The summed E-state index contributed by atoms with van der Waals surface area (Å²) < 4.78 is 0. The average molecular weight is 325 g/mol. The first kappa shape index (κ1) is 16.2. The minimum atomic E-state index is -0.764. The number of nitrogens with one attached hydrogen (secondary N) is 2. The summed E-state index contributed by atoms with van der Waals surface area (Å²) in [6.07, 6.45) is 3.54. The molecule has 1 aliphatic rings. The van der Waals surface area contributed by atoms with Crippen molar-refractivity contribution < 1.29 is 14.4 Å². The van der Waals surface area contributed by atoms with Crippen molar-refractivity contribution in [1.82, 2.24) is 15.2 Å². The molecule has 0 aromatic carbocycles. The van der Waals surface area contributed by atoms with Crippen LogP contribution in [0.25, 0.3) is 0 Å². The lowest BCUT2D eigenvalue weighted by molar-refractivity contribution is -0.136. The monoisotopic (exact) mass is 324 g/mol. The van der Waals surface area contributed by atoms with Gasteiger partial charge in [0.15, 0.2) is 0 Å². The quantitative estimate of drug-likeness (QED) is 0.476. The molecule has 8 heteroatoms. The largest absolute Gasteiger partial charge is 0.348 e. The summed E-state index contributed by atoms with van der Waals surface area (Å²) in [6, 6.07) is 2.99. The van der Waals surface area contributed by atoms with Crippen LogP contribution < -0.4 is 10.6 Å². The van der Waals surface area contributed by atoms with Crippen LogP contribution in [0, 0.1) is 0 Å². The molecule has 2 N–H and O–H groups in total. The number of anilines is 1. The number of nitrogens with zero attached hydrogens (tertiary/aromatic N) is 2. The van der Waals surface area contributed by atoms with Crippen LogP contribution in [0.1, 0.15) is 19.3 Å². The van der Waals surface area contributed by atoms with Crippen molar-refractivity contribution in [3.05, 3.63) is 23.5 Å². The molecule has 1 fully saturated rings. The van der Waals surface area contributed by atoms with Gasteiger partial charge in [-0.15, -0.1) is 0 Å². The lowest BCUT2D eigenvalue weighted by Gasteiger charge is -2.15. The lowest BCUT2D eigenvalue weighted by Crippen LogP contribution is -2.37. The third-order valence-corrected chi connectivity index (χ3v) is 3.46. The van der Waals surface area contributed by atoms with Gasteiger partial charge in [0.05, 0.1) is 0 Å². The van der Waals surface area contributed by atoms with E-state index in [-0.39, 0.29) is 11.1 Å². The first-order valence-electron chi connectivity index (χ1n) is 7.05. The summed E-state index contributed by atoms with van der Waals surface area (Å²) >= 11 is 5.69. The number of aromatic nitrogens is 1. The molecule has 118 valence electrons. The van der Waals surface area contributed by atoms with Crippen molar-refractivity contribution in [3.8, 4) is 0 Å². The minimum Gasteiger partial charge on any atom is -0.348 e. The van der Waals surface area contributed by atoms with Crippen molar-refractivity contribution in [1.29, 1.82) is 0 Å². The highest BCUT2D eigenvalue weighted by molar-refractivity contribution is 6.39. The molecule has 0 radical (unpaired) electrons. The average Bonchev–Trinajstić information content (AvgIpc) is 2.88. The predicted octanol–water partition coefficient (Wildman–Crippen LogP) is 0.802. The third kappa shape index (κ3) is 4.70. The minimum absolute atomic E-state index is 0.152. The second-order valence-corrected chi connectivity index (χ2v) is 5.30. The number of hydrogen-bond donors (Lipinski definition) is 2. The molecule has 2 heterocycles. The van der Waals surface area contributed by atoms with Crippen LogP contribution in [0.15, 0.2) is 18.3 Å². The highest BCUT2D eigenvalue weighted by Gasteiger charge is 2.19. The maximum atomic E-state index is 11.7. The Bertz CT molecular complexity index is 579. The maximum absolute atomic E-state index is 11.7. The third-order valence-electron chi connectivity index (χ3n) is 3.25. The molecule has 1 aliphatic heterocycles. The zero-order valence-electron chi connectivity index (χ0n) is 12.0. The van der Waals surface area contributed by atoms with Gasteiger partial charge < -0.3 is 15.5 Å². The molecule has 1 aromatic heterocycles. The standard InChI is InChI=1S/C14H17ClN4O3/c15-11-9-10(4-6-16-11)18-14(22)13(21)17-5-2-8-19-7-1-3-12(19)20/h4,6,9H,1-3,5,7-8H2,(H,17,21)(H,16,18,22). The van der Waals surface area contributed by atoms with Crippen LogP contribution in [-0.2, 0) is 14.4 Å². The number of carbonyl (C=O) groups is 3. The lowest BCUT2D eigenvalue weighted by atomic mass is 10.3. The van der Waals surface area contributed by atoms with Crippen molar-refractivity contribution in [2.45, 2.75) is 19.3 Å². The molecule has 0 spiro atoms. The first-order chi connectivity index (χ1) is 10.6. The van der Waals surface area contributed by atoms with Gasteiger partial charge in [-0.05, 0) is 25.0 Å². The molecule has 0 saturated carbocycles. The fraction of sp³-hybridized carbons (Fsp3) is 0.429. The van der Waals surface area contributed by atoms with Gasteiger partial charge in [0, 0.05) is 37.9 Å². The number of likely N-dealkylation sites (tertiary alicyclic amines) is 1. The van der Waals surface area contributed by atoms with E-state index in [1.54, 1.807) is 4.90 Å². The van der Waals surface area contributed by atoms with Gasteiger partial charge in [-0.25, -0.2) is 4.98 Å². The van der Waals surface area contributed by atoms with Gasteiger partial charge in [0.1, 0.15) is 5.15 Å². The smallest absolute Gasteiger partial charge is 0.313 e. The Morgan fingerprint density at radius 2 is 2.18 bits per heavy atom. The van der Waals surface area contributed by atoms with E-state index in [0.29, 0.717) is 31.6 Å². The predicted molar refractivity (Wildman–Crippen MR) is 81.3 cm³/mol. The highest BCUT2D eigenvalue weighted by atomic mass is 35.5. The van der Waals surface area contributed by atoms with Gasteiger partial charge in [0.2, 0.25) is 5.91 Å². The van der Waals surface area contributed by atoms with Crippen molar-refractivity contribution in [2.75, 3.05) is 25.0 Å². The molecule has 1 aromatic rings. The van der Waals surface area contributed by atoms with Gasteiger partial charge >= 0.3 is 11.8 Å². The zero-order valence-corrected chi connectivity index (χ0v) is 12.7. The Kier molecular flexibility index (Phi) is 5.71. The van der Waals surface area contributed by atoms with E-state index >= 15 is 0 Å². The molecule has 0 aliphatic carbocycles. The van der Waals surface area contributed by atoms with Crippen LogP contribution in [0.5, 0.6) is 0 Å². The number of rotatable bonds is 5. The molecule has 3 amide bonds. The van der Waals surface area contributed by atoms with E-state index in [0.717, 1.165) is 13.0 Å². The number of pyridine rings is 1. The molecular weight excluding hydrogens is 308 g/mol. The van der Waals surface area contributed by atoms with Crippen molar-refractivity contribution >= 4 is 35.0 Å². The van der Waals surface area contributed by atoms with Crippen molar-refractivity contribution in [3.63, 3.8) is 0 Å². The molecule has 0 bridgehead atoms. The van der Waals surface area contributed by atoms with Gasteiger partial charge in [0.25, 0.3) is 0 Å². The van der Waals surface area contributed by atoms with Crippen LogP contribution in [0.2, 0.25) is 5.15 Å². The summed E-state index contributed by atoms with van der Waals surface area (Å²) in [6.45, 7) is 1.71. The zero-order chi connectivity index (χ0) is 15.9. The van der Waals surface area contributed by atoms with E-state index in [1.165, 1.54) is 18.3 Å². The van der Waals surface area contributed by atoms with E-state index in [1.807, 2.05) is 0 Å². The second kappa shape index (κ2) is 7.74. The van der Waals surface area contributed by atoms with E-state index < -0.39 is 11.8 Å². The second-order valence-electron chi connectivity index (χ2n) is 4.92. The Labute approximate surface area is 133 Å². The van der Waals surface area contributed by atoms with Crippen LogP contribution in [0.3, 0.4) is 0 Å². The number of carbonyl (C=O) groups excluding carboxylic acids is 3. The molecular formula is C14H17ClN4O3. The summed E-state index contributed by atoms with van der Waals surface area (Å²) in [5.74, 6) is -1.33. The molecule has 7 nitrogen and oxygen atoms in total. The molecule has 0 unspecified atom stereocenters. The first-order valence-corrected chi connectivity index (χ1v) is 7.42.